The molecular formula is C32H39N3O9. The maximum Gasteiger partial charge on any atom is 0.533 e. The van der Waals surface area contributed by atoms with Crippen molar-refractivity contribution in [3.05, 3.63) is 58.7 Å². The van der Waals surface area contributed by atoms with Gasteiger partial charge in [-0.2, -0.15) is 0 Å². The van der Waals surface area contributed by atoms with Crippen LogP contribution in [0.5, 0.6) is 0 Å². The molecule has 2 aliphatic rings. The minimum atomic E-state index is -1.20. The molecule has 12 nitrogen and oxygen atoms in total. The fourth-order valence-corrected chi connectivity index (χ4v) is 5.18. The molecule has 1 heterocycles. The van der Waals surface area contributed by atoms with E-state index in [1.54, 1.807) is 31.4 Å². The van der Waals surface area contributed by atoms with Gasteiger partial charge in [-0.25, -0.2) is 4.79 Å². The molecule has 2 atom stereocenters. The second-order valence-electron chi connectivity index (χ2n) is 10.6. The molecule has 1 fully saturated rings. The van der Waals surface area contributed by atoms with Crippen LogP contribution in [0.25, 0.3) is 11.1 Å². The fraction of sp³-hybridized carbons (Fsp3) is 0.469. The number of unbranched alkanes of at least 4 members (excludes halogenated alkanes) is 1. The van der Waals surface area contributed by atoms with E-state index in [9.17, 15) is 24.0 Å². The zero-order valence-corrected chi connectivity index (χ0v) is 25.3. The van der Waals surface area contributed by atoms with Gasteiger partial charge in [-0.15, -0.1) is 0 Å². The van der Waals surface area contributed by atoms with Crippen molar-refractivity contribution in [2.24, 2.45) is 0 Å². The highest BCUT2D eigenvalue weighted by molar-refractivity contribution is 6.01. The van der Waals surface area contributed by atoms with E-state index in [-0.39, 0.29) is 37.4 Å². The Morgan fingerprint density at radius 3 is 2.05 bits per heavy atom. The number of hydrogen-bond acceptors (Lipinski definition) is 9. The summed E-state index contributed by atoms with van der Waals surface area (Å²) in [7, 11) is 1.60. The first-order chi connectivity index (χ1) is 21.3. The minimum Gasteiger partial charge on any atom is -0.432 e. The van der Waals surface area contributed by atoms with Gasteiger partial charge in [-0.05, 0) is 66.3 Å². The van der Waals surface area contributed by atoms with Crippen LogP contribution in [0.3, 0.4) is 0 Å². The van der Waals surface area contributed by atoms with Gasteiger partial charge in [-0.3, -0.25) is 24.0 Å². The molecule has 236 valence electrons. The number of nitrogens with zero attached hydrogens (tertiary/aromatic N) is 1. The molecular weight excluding hydrogens is 570 g/mol. The third kappa shape index (κ3) is 7.80. The SMILES string of the molecule is CCCCNC(=O)c1ccc2c(c1)C(COC(=O)ON1C(=O)CCC1=O)c1cc(C(=O)NCCC(COCC)OC)ccc1-2. The van der Waals surface area contributed by atoms with Gasteiger partial charge in [0.05, 0.1) is 12.7 Å². The van der Waals surface area contributed by atoms with Crippen LogP contribution in [0, 0.1) is 0 Å². The smallest absolute Gasteiger partial charge is 0.432 e. The Kier molecular flexibility index (Phi) is 11.4. The number of imide groups is 1. The van der Waals surface area contributed by atoms with Crippen molar-refractivity contribution in [3.63, 3.8) is 0 Å². The highest BCUT2D eigenvalue weighted by Gasteiger charge is 2.35. The maximum atomic E-state index is 13.1. The molecule has 2 N–H and O–H groups in total. The molecule has 0 radical (unpaired) electrons. The Balaban J connectivity index is 1.53. The first-order valence-electron chi connectivity index (χ1n) is 14.9. The van der Waals surface area contributed by atoms with E-state index in [1.165, 1.54) is 0 Å². The van der Waals surface area contributed by atoms with Crippen LogP contribution in [0.4, 0.5) is 4.79 Å². The minimum absolute atomic E-state index is 0.0396. The summed E-state index contributed by atoms with van der Waals surface area (Å²) in [5.41, 5.74) is 3.99. The normalized spacial score (nSPS) is 15.9. The molecule has 0 aromatic heterocycles. The number of amides is 4. The van der Waals surface area contributed by atoms with Crippen molar-refractivity contribution < 1.29 is 43.0 Å². The topological polar surface area (TPSA) is 150 Å². The monoisotopic (exact) mass is 609 g/mol. The molecule has 2 unspecified atom stereocenters. The average Bonchev–Trinajstić information content (AvgIpc) is 3.51. The molecule has 2 aromatic rings. The van der Waals surface area contributed by atoms with Crippen LogP contribution in [-0.2, 0) is 28.6 Å². The van der Waals surface area contributed by atoms with Crippen LogP contribution in [0.1, 0.15) is 83.7 Å². The molecule has 0 bridgehead atoms. The van der Waals surface area contributed by atoms with Crippen molar-refractivity contribution in [2.75, 3.05) is 40.0 Å². The molecule has 1 aliphatic carbocycles. The number of nitrogens with one attached hydrogen (secondary N) is 2. The molecule has 0 saturated carbocycles. The number of methoxy groups -OCH3 is 1. The van der Waals surface area contributed by atoms with Gasteiger partial charge in [0, 0.05) is 56.7 Å². The van der Waals surface area contributed by atoms with E-state index >= 15 is 0 Å². The number of rotatable bonds is 15. The summed E-state index contributed by atoms with van der Waals surface area (Å²) < 4.78 is 16.2. The highest BCUT2D eigenvalue weighted by atomic mass is 16.8. The van der Waals surface area contributed by atoms with Crippen LogP contribution in [0.2, 0.25) is 0 Å². The molecule has 44 heavy (non-hydrogen) atoms. The van der Waals surface area contributed by atoms with E-state index in [0.29, 0.717) is 48.9 Å². The predicted molar refractivity (Wildman–Crippen MR) is 159 cm³/mol. The molecule has 1 saturated heterocycles. The van der Waals surface area contributed by atoms with Crippen LogP contribution in [-0.4, -0.2) is 81.0 Å². The lowest BCUT2D eigenvalue weighted by Crippen LogP contribution is -2.32. The van der Waals surface area contributed by atoms with Crippen molar-refractivity contribution >= 4 is 29.8 Å². The number of fused-ring (bicyclic) bond motifs is 3. The summed E-state index contributed by atoms with van der Waals surface area (Å²) in [6.45, 7) is 5.67. The maximum absolute atomic E-state index is 13.1. The summed E-state index contributed by atoms with van der Waals surface area (Å²) in [5, 5.41) is 6.24. The summed E-state index contributed by atoms with van der Waals surface area (Å²) >= 11 is 0. The third-order valence-corrected chi connectivity index (χ3v) is 7.62. The number of carbonyl (C=O) groups is 5. The molecule has 1 aliphatic heterocycles. The van der Waals surface area contributed by atoms with Gasteiger partial charge in [0.2, 0.25) is 0 Å². The van der Waals surface area contributed by atoms with Crippen LogP contribution in [0.15, 0.2) is 36.4 Å². The summed E-state index contributed by atoms with van der Waals surface area (Å²) in [5.74, 6) is -2.28. The second-order valence-corrected chi connectivity index (χ2v) is 10.6. The molecule has 2 aromatic carbocycles. The molecule has 4 rings (SSSR count). The fourth-order valence-electron chi connectivity index (χ4n) is 5.18. The van der Waals surface area contributed by atoms with E-state index < -0.39 is 23.9 Å². The van der Waals surface area contributed by atoms with Gasteiger partial charge < -0.3 is 24.8 Å². The van der Waals surface area contributed by atoms with Crippen molar-refractivity contribution in [2.45, 2.75) is 58.0 Å². The van der Waals surface area contributed by atoms with Crippen molar-refractivity contribution in [1.82, 2.24) is 15.7 Å². The standard InChI is InChI=1S/C32H39N3O9/c1-4-6-14-33-30(38)20-7-9-23-24-10-8-21(31(39)34-15-13-22(41-3)18-42-5-2)17-26(24)27(25(23)16-20)19-43-32(40)44-35-28(36)11-12-29(35)37/h7-10,16-17,22,27H,4-6,11-15,18-19H2,1-3H3,(H,33,38)(H,34,39). The highest BCUT2D eigenvalue weighted by Crippen LogP contribution is 2.45. The summed E-state index contributed by atoms with van der Waals surface area (Å²) in [6.07, 6.45) is 0.940. The van der Waals surface area contributed by atoms with Gasteiger partial charge in [-0.1, -0.05) is 30.5 Å². The van der Waals surface area contributed by atoms with Gasteiger partial charge in [0.25, 0.3) is 23.6 Å². The lowest BCUT2D eigenvalue weighted by atomic mass is 9.95. The number of hydrogen-bond donors (Lipinski definition) is 2. The Morgan fingerprint density at radius 1 is 0.909 bits per heavy atom. The number of ether oxygens (including phenoxy) is 3. The predicted octanol–water partition coefficient (Wildman–Crippen LogP) is 3.72. The van der Waals surface area contributed by atoms with Gasteiger partial charge in [0.1, 0.15) is 6.61 Å². The average molecular weight is 610 g/mol. The first-order valence-corrected chi connectivity index (χ1v) is 14.9. The molecule has 12 heteroatoms. The van der Waals surface area contributed by atoms with Crippen LogP contribution >= 0.6 is 0 Å². The largest absolute Gasteiger partial charge is 0.533 e. The summed E-state index contributed by atoms with van der Waals surface area (Å²) in [4.78, 5) is 67.0. The van der Waals surface area contributed by atoms with E-state index in [4.69, 9.17) is 19.0 Å². The Hall–Kier alpha value is -4.29. The third-order valence-electron chi connectivity index (χ3n) is 7.62. The second kappa shape index (κ2) is 15.4. The number of hydroxylamine groups is 2. The Labute approximate surface area is 256 Å². The van der Waals surface area contributed by atoms with E-state index in [1.807, 2.05) is 26.0 Å². The molecule has 0 spiro atoms. The first kappa shape index (κ1) is 32.6. The molecule has 4 amide bonds. The summed E-state index contributed by atoms with van der Waals surface area (Å²) in [6, 6.07) is 10.6. The van der Waals surface area contributed by atoms with Crippen molar-refractivity contribution in [3.8, 4) is 11.1 Å². The lowest BCUT2D eigenvalue weighted by molar-refractivity contribution is -0.177. The van der Waals surface area contributed by atoms with E-state index in [2.05, 4.69) is 10.6 Å². The number of carbonyl (C=O) groups excluding carboxylic acids is 5. The Morgan fingerprint density at radius 2 is 1.50 bits per heavy atom. The Bertz CT molecular complexity index is 1380. The van der Waals surface area contributed by atoms with Crippen molar-refractivity contribution in [1.29, 1.82) is 0 Å². The number of benzene rings is 2. The van der Waals surface area contributed by atoms with E-state index in [0.717, 1.165) is 35.1 Å². The van der Waals surface area contributed by atoms with Crippen LogP contribution < -0.4 is 10.6 Å². The lowest BCUT2D eigenvalue weighted by Gasteiger charge is -2.17. The zero-order chi connectivity index (χ0) is 31.6. The van der Waals surface area contributed by atoms with Gasteiger partial charge in [0.15, 0.2) is 0 Å². The zero-order valence-electron chi connectivity index (χ0n) is 25.3. The quantitative estimate of drug-likeness (QED) is 0.175. The van der Waals surface area contributed by atoms with Gasteiger partial charge >= 0.3 is 6.16 Å².